The van der Waals surface area contributed by atoms with Crippen LogP contribution < -0.4 is 15.2 Å². The van der Waals surface area contributed by atoms with Crippen LogP contribution in [0.15, 0.2) is 47.3 Å². The van der Waals surface area contributed by atoms with Gasteiger partial charge in [-0.05, 0) is 55.2 Å². The second-order valence-electron chi connectivity index (χ2n) is 6.85. The topological polar surface area (TPSA) is 71.2 Å². The van der Waals surface area contributed by atoms with Crippen molar-refractivity contribution in [3.63, 3.8) is 0 Å². The van der Waals surface area contributed by atoms with Gasteiger partial charge < -0.3 is 14.2 Å². The fourth-order valence-corrected chi connectivity index (χ4v) is 3.24. The molecule has 3 aromatic rings. The third kappa shape index (κ3) is 3.24. The Labute approximate surface area is 157 Å². The molecule has 6 heteroatoms. The van der Waals surface area contributed by atoms with E-state index < -0.39 is 0 Å². The van der Waals surface area contributed by atoms with Crippen LogP contribution in [-0.4, -0.2) is 23.2 Å². The van der Waals surface area contributed by atoms with Crippen LogP contribution in [0.25, 0.3) is 11.0 Å². The standard InChI is InChI=1S/C21H20N4O2/c1-24-18-10-5-15(12-22)23-21(18)19(11-20(24)26)25(13-14-3-4-14)16-6-8-17(27-2)9-7-16/h5-11,14H,3-4,13H2,1-2H3. The van der Waals surface area contributed by atoms with Crippen LogP contribution in [0, 0.1) is 17.2 Å². The molecule has 0 radical (unpaired) electrons. The Bertz CT molecular complexity index is 1090. The van der Waals surface area contributed by atoms with E-state index in [-0.39, 0.29) is 5.56 Å². The highest BCUT2D eigenvalue weighted by molar-refractivity contribution is 5.91. The summed E-state index contributed by atoms with van der Waals surface area (Å²) in [6.45, 7) is 0.813. The number of benzene rings is 1. The predicted octanol–water partition coefficient (Wildman–Crippen LogP) is 3.36. The lowest BCUT2D eigenvalue weighted by Gasteiger charge is -2.26. The maximum Gasteiger partial charge on any atom is 0.252 e. The molecule has 136 valence electrons. The molecule has 1 fully saturated rings. The number of aromatic nitrogens is 2. The first-order chi connectivity index (χ1) is 13.1. The van der Waals surface area contributed by atoms with Gasteiger partial charge in [0.2, 0.25) is 0 Å². The van der Waals surface area contributed by atoms with Crippen LogP contribution in [0.2, 0.25) is 0 Å². The van der Waals surface area contributed by atoms with Crippen molar-refractivity contribution < 1.29 is 4.74 Å². The Morgan fingerprint density at radius 2 is 2.00 bits per heavy atom. The smallest absolute Gasteiger partial charge is 0.252 e. The molecule has 2 heterocycles. The zero-order valence-corrected chi connectivity index (χ0v) is 15.3. The van der Waals surface area contributed by atoms with E-state index in [1.807, 2.05) is 24.3 Å². The quantitative estimate of drug-likeness (QED) is 0.698. The first-order valence-electron chi connectivity index (χ1n) is 8.93. The lowest BCUT2D eigenvalue weighted by molar-refractivity contribution is 0.415. The molecule has 1 saturated carbocycles. The van der Waals surface area contributed by atoms with Crippen molar-refractivity contribution in [3.05, 3.63) is 58.5 Å². The number of methoxy groups -OCH3 is 1. The monoisotopic (exact) mass is 360 g/mol. The van der Waals surface area contributed by atoms with Gasteiger partial charge in [-0.2, -0.15) is 5.26 Å². The van der Waals surface area contributed by atoms with E-state index >= 15 is 0 Å². The number of anilines is 2. The molecular weight excluding hydrogens is 340 g/mol. The molecule has 6 nitrogen and oxygen atoms in total. The summed E-state index contributed by atoms with van der Waals surface area (Å²) in [6.07, 6.45) is 2.37. The first-order valence-corrected chi connectivity index (χ1v) is 8.93. The summed E-state index contributed by atoms with van der Waals surface area (Å²) < 4.78 is 6.83. The summed E-state index contributed by atoms with van der Waals surface area (Å²) in [5.74, 6) is 1.38. The van der Waals surface area contributed by atoms with E-state index in [0.717, 1.165) is 23.7 Å². The molecule has 0 amide bonds. The number of nitrogens with zero attached hydrogens (tertiary/aromatic N) is 4. The largest absolute Gasteiger partial charge is 0.497 e. The Morgan fingerprint density at radius 1 is 1.26 bits per heavy atom. The van der Waals surface area contributed by atoms with Crippen molar-refractivity contribution in [1.29, 1.82) is 5.26 Å². The van der Waals surface area contributed by atoms with Crippen molar-refractivity contribution in [3.8, 4) is 11.8 Å². The van der Waals surface area contributed by atoms with Crippen LogP contribution in [0.3, 0.4) is 0 Å². The first kappa shape index (κ1) is 17.1. The third-order valence-electron chi connectivity index (χ3n) is 5.00. The van der Waals surface area contributed by atoms with E-state index in [0.29, 0.717) is 22.6 Å². The molecule has 0 saturated heterocycles. The zero-order valence-electron chi connectivity index (χ0n) is 15.3. The van der Waals surface area contributed by atoms with Crippen LogP contribution in [0.5, 0.6) is 5.75 Å². The van der Waals surface area contributed by atoms with Gasteiger partial charge >= 0.3 is 0 Å². The minimum absolute atomic E-state index is 0.0988. The third-order valence-corrected chi connectivity index (χ3v) is 5.00. The van der Waals surface area contributed by atoms with Gasteiger partial charge in [0.15, 0.2) is 0 Å². The van der Waals surface area contributed by atoms with Crippen LogP contribution in [0.4, 0.5) is 11.4 Å². The van der Waals surface area contributed by atoms with E-state index in [1.165, 1.54) is 12.8 Å². The molecule has 0 spiro atoms. The molecule has 1 aliphatic carbocycles. The van der Waals surface area contributed by atoms with Crippen LogP contribution in [-0.2, 0) is 7.05 Å². The average molecular weight is 360 g/mol. The number of rotatable bonds is 5. The predicted molar refractivity (Wildman–Crippen MR) is 104 cm³/mol. The van der Waals surface area contributed by atoms with Gasteiger partial charge in [0.05, 0.1) is 18.3 Å². The number of aryl methyl sites for hydroxylation is 1. The fraction of sp³-hybridized carbons (Fsp3) is 0.286. The number of fused-ring (bicyclic) bond motifs is 1. The highest BCUT2D eigenvalue weighted by Crippen LogP contribution is 2.37. The molecule has 4 rings (SSSR count). The highest BCUT2D eigenvalue weighted by Gasteiger charge is 2.27. The number of hydrogen-bond donors (Lipinski definition) is 0. The van der Waals surface area contributed by atoms with E-state index in [1.54, 1.807) is 36.9 Å². The molecule has 2 aromatic heterocycles. The van der Waals surface area contributed by atoms with Gasteiger partial charge in [0.1, 0.15) is 23.0 Å². The Balaban J connectivity index is 1.92. The summed E-state index contributed by atoms with van der Waals surface area (Å²) >= 11 is 0. The second-order valence-corrected chi connectivity index (χ2v) is 6.85. The second kappa shape index (κ2) is 6.76. The van der Waals surface area contributed by atoms with Gasteiger partial charge in [0, 0.05) is 25.3 Å². The number of pyridine rings is 2. The molecule has 0 unspecified atom stereocenters. The lowest BCUT2D eigenvalue weighted by Crippen LogP contribution is -2.25. The van der Waals surface area contributed by atoms with Crippen molar-refractivity contribution in [2.45, 2.75) is 12.8 Å². The zero-order chi connectivity index (χ0) is 19.0. The number of ether oxygens (including phenoxy) is 1. The Kier molecular flexibility index (Phi) is 4.28. The Morgan fingerprint density at radius 3 is 2.63 bits per heavy atom. The SMILES string of the molecule is COc1ccc(N(CC2CC2)c2cc(=O)n(C)c3ccc(C#N)nc23)cc1. The Hall–Kier alpha value is -3.33. The van der Waals surface area contributed by atoms with Crippen molar-refractivity contribution >= 4 is 22.4 Å². The minimum atomic E-state index is -0.0988. The molecule has 0 N–H and O–H groups in total. The van der Waals surface area contributed by atoms with Gasteiger partial charge in [0.25, 0.3) is 5.56 Å². The number of hydrogen-bond acceptors (Lipinski definition) is 5. The van der Waals surface area contributed by atoms with Crippen molar-refractivity contribution in [2.75, 3.05) is 18.6 Å². The lowest BCUT2D eigenvalue weighted by atomic mass is 10.2. The normalized spacial score (nSPS) is 13.4. The van der Waals surface area contributed by atoms with E-state index in [4.69, 9.17) is 4.74 Å². The number of nitriles is 1. The molecule has 0 aliphatic heterocycles. The fourth-order valence-electron chi connectivity index (χ4n) is 3.24. The summed E-state index contributed by atoms with van der Waals surface area (Å²) in [4.78, 5) is 19.2. The van der Waals surface area contributed by atoms with E-state index in [2.05, 4.69) is 16.0 Å². The molecule has 27 heavy (non-hydrogen) atoms. The van der Waals surface area contributed by atoms with Crippen LogP contribution >= 0.6 is 0 Å². The maximum atomic E-state index is 12.6. The van der Waals surface area contributed by atoms with E-state index in [9.17, 15) is 10.1 Å². The molecule has 1 aliphatic rings. The molecular formula is C21H20N4O2. The van der Waals surface area contributed by atoms with Crippen molar-refractivity contribution in [1.82, 2.24) is 9.55 Å². The molecule has 0 atom stereocenters. The summed E-state index contributed by atoms with van der Waals surface area (Å²) in [7, 11) is 3.36. The van der Waals surface area contributed by atoms with Gasteiger partial charge in [-0.25, -0.2) is 4.98 Å². The molecule has 1 aromatic carbocycles. The minimum Gasteiger partial charge on any atom is -0.497 e. The maximum absolute atomic E-state index is 12.6. The highest BCUT2D eigenvalue weighted by atomic mass is 16.5. The van der Waals surface area contributed by atoms with Gasteiger partial charge in [-0.1, -0.05) is 0 Å². The average Bonchev–Trinajstić information content (AvgIpc) is 3.53. The summed E-state index contributed by atoms with van der Waals surface area (Å²) in [5.41, 5.74) is 3.32. The van der Waals surface area contributed by atoms with Crippen molar-refractivity contribution in [2.24, 2.45) is 13.0 Å². The summed E-state index contributed by atoms with van der Waals surface area (Å²) in [6, 6.07) is 14.9. The van der Waals surface area contributed by atoms with Gasteiger partial charge in [-0.3, -0.25) is 4.79 Å². The van der Waals surface area contributed by atoms with Crippen LogP contribution in [0.1, 0.15) is 18.5 Å². The summed E-state index contributed by atoms with van der Waals surface area (Å²) in [5, 5.41) is 9.27. The van der Waals surface area contributed by atoms with Gasteiger partial charge in [-0.15, -0.1) is 0 Å². The molecule has 0 bridgehead atoms.